The van der Waals surface area contributed by atoms with Crippen LogP contribution in [0.5, 0.6) is 5.75 Å². The van der Waals surface area contributed by atoms with Gasteiger partial charge in [0.1, 0.15) is 5.75 Å². The molecule has 2 unspecified atom stereocenters. The molecule has 1 saturated heterocycles. The van der Waals surface area contributed by atoms with Gasteiger partial charge in [-0.15, -0.1) is 0 Å². The maximum absolute atomic E-state index is 6.34. The zero-order valence-corrected chi connectivity index (χ0v) is 22.3. The van der Waals surface area contributed by atoms with Crippen molar-refractivity contribution in [1.82, 2.24) is 14.9 Å². The minimum atomic E-state index is -0.112. The molecular weight excluding hydrogens is 488 g/mol. The Labute approximate surface area is 222 Å². The number of rotatable bonds is 6. The molecule has 7 heteroatoms. The summed E-state index contributed by atoms with van der Waals surface area (Å²) in [6.07, 6.45) is 1.94. The molecule has 36 heavy (non-hydrogen) atoms. The van der Waals surface area contributed by atoms with Crippen molar-refractivity contribution in [3.63, 3.8) is 0 Å². The van der Waals surface area contributed by atoms with Crippen molar-refractivity contribution in [1.29, 1.82) is 0 Å². The summed E-state index contributed by atoms with van der Waals surface area (Å²) >= 11 is 12.2. The number of thiocarbonyl (C=S) groups is 1. The number of nitrogens with zero attached hydrogens (tertiary/aromatic N) is 3. The summed E-state index contributed by atoms with van der Waals surface area (Å²) < 4.78 is 8.11. The van der Waals surface area contributed by atoms with Gasteiger partial charge in [0.2, 0.25) is 0 Å². The Morgan fingerprint density at radius 1 is 0.972 bits per heavy atom. The lowest BCUT2D eigenvalue weighted by Crippen LogP contribution is -2.29. The number of benzene rings is 2. The van der Waals surface area contributed by atoms with Crippen LogP contribution in [0.25, 0.3) is 5.69 Å². The van der Waals surface area contributed by atoms with E-state index in [1.807, 2.05) is 68.6 Å². The summed E-state index contributed by atoms with van der Waals surface area (Å²) in [4.78, 5) is 6.87. The van der Waals surface area contributed by atoms with Gasteiger partial charge in [-0.2, -0.15) is 0 Å². The molecule has 1 aliphatic rings. The quantitative estimate of drug-likeness (QED) is 0.277. The zero-order chi connectivity index (χ0) is 25.4. The molecule has 3 heterocycles. The summed E-state index contributed by atoms with van der Waals surface area (Å²) in [6.45, 7) is 8.32. The summed E-state index contributed by atoms with van der Waals surface area (Å²) in [5.74, 6) is 0.837. The highest BCUT2D eigenvalue weighted by Gasteiger charge is 2.42. The van der Waals surface area contributed by atoms with E-state index in [1.165, 1.54) is 5.56 Å². The Bertz CT molecular complexity index is 1380. The highest BCUT2D eigenvalue weighted by atomic mass is 35.5. The lowest BCUT2D eigenvalue weighted by molar-refractivity contribution is 0.242. The Balaban J connectivity index is 1.63. The first-order valence-electron chi connectivity index (χ1n) is 12.1. The van der Waals surface area contributed by atoms with E-state index < -0.39 is 0 Å². The third kappa shape index (κ3) is 4.59. The third-order valence-electron chi connectivity index (χ3n) is 6.44. The van der Waals surface area contributed by atoms with Gasteiger partial charge in [0.15, 0.2) is 5.11 Å². The minimum absolute atomic E-state index is 0.0941. The van der Waals surface area contributed by atoms with Crippen molar-refractivity contribution in [2.24, 2.45) is 0 Å². The number of halogens is 1. The van der Waals surface area contributed by atoms with Crippen LogP contribution in [-0.4, -0.2) is 20.8 Å². The standard InChI is InChI=1S/C29H29ClN4OS/c1-18(2)35-24-13-11-22(12-14-24)34-28(27(32-29(34)36)26-10-5-6-15-31-26)25-16-19(3)33(20(25)4)23-9-7-8-21(30)17-23/h5-18,27-28H,1-4H3,(H,32,36). The molecule has 2 atom stereocenters. The van der Waals surface area contributed by atoms with Gasteiger partial charge in [0.05, 0.1) is 23.9 Å². The molecule has 0 saturated carbocycles. The van der Waals surface area contributed by atoms with Crippen LogP contribution in [0.2, 0.25) is 5.02 Å². The molecule has 2 aromatic carbocycles. The van der Waals surface area contributed by atoms with E-state index in [-0.39, 0.29) is 18.2 Å². The molecule has 0 radical (unpaired) electrons. The van der Waals surface area contributed by atoms with Crippen LogP contribution in [0.3, 0.4) is 0 Å². The molecule has 1 fully saturated rings. The molecule has 0 aliphatic carbocycles. The fraction of sp³-hybridized carbons (Fsp3) is 0.241. The Kier molecular flexibility index (Phi) is 6.73. The van der Waals surface area contributed by atoms with Crippen LogP contribution in [0.4, 0.5) is 5.69 Å². The molecule has 184 valence electrons. The highest BCUT2D eigenvalue weighted by Crippen LogP contribution is 2.44. The topological polar surface area (TPSA) is 42.3 Å². The van der Waals surface area contributed by atoms with Crippen molar-refractivity contribution in [2.45, 2.75) is 45.9 Å². The normalized spacial score (nSPS) is 17.5. The first-order valence-corrected chi connectivity index (χ1v) is 12.8. The molecule has 2 aromatic heterocycles. The lowest BCUT2D eigenvalue weighted by atomic mass is 9.96. The van der Waals surface area contributed by atoms with Gasteiger partial charge in [-0.3, -0.25) is 4.98 Å². The first-order chi connectivity index (χ1) is 17.3. The summed E-state index contributed by atoms with van der Waals surface area (Å²) in [6, 6.07) is 24.1. The van der Waals surface area contributed by atoms with Crippen LogP contribution < -0.4 is 15.0 Å². The van der Waals surface area contributed by atoms with Crippen LogP contribution in [0.15, 0.2) is 79.0 Å². The second kappa shape index (κ2) is 9.96. The molecule has 1 N–H and O–H groups in total. The molecule has 5 nitrogen and oxygen atoms in total. The average Bonchev–Trinajstić information content (AvgIpc) is 3.35. The van der Waals surface area contributed by atoms with E-state index in [1.54, 1.807) is 0 Å². The van der Waals surface area contributed by atoms with Crippen molar-refractivity contribution >= 4 is 34.6 Å². The van der Waals surface area contributed by atoms with Crippen LogP contribution >= 0.6 is 23.8 Å². The van der Waals surface area contributed by atoms with E-state index in [4.69, 9.17) is 28.6 Å². The number of hydrogen-bond donors (Lipinski definition) is 1. The Hall–Kier alpha value is -3.35. The van der Waals surface area contributed by atoms with Crippen LogP contribution in [0.1, 0.15) is 48.6 Å². The van der Waals surface area contributed by atoms with Crippen molar-refractivity contribution in [3.8, 4) is 11.4 Å². The van der Waals surface area contributed by atoms with E-state index in [0.717, 1.165) is 34.2 Å². The van der Waals surface area contributed by atoms with Crippen LogP contribution in [-0.2, 0) is 0 Å². The number of pyridine rings is 1. The van der Waals surface area contributed by atoms with E-state index in [2.05, 4.69) is 57.9 Å². The van der Waals surface area contributed by atoms with E-state index >= 15 is 0 Å². The van der Waals surface area contributed by atoms with Gasteiger partial charge in [-0.05, 0) is 106 Å². The van der Waals surface area contributed by atoms with E-state index in [0.29, 0.717) is 10.1 Å². The Morgan fingerprint density at radius 2 is 1.75 bits per heavy atom. The molecule has 5 rings (SSSR count). The third-order valence-corrected chi connectivity index (χ3v) is 6.99. The number of aryl methyl sites for hydroxylation is 1. The van der Waals surface area contributed by atoms with Gasteiger partial charge in [0, 0.05) is 34.0 Å². The predicted molar refractivity (Wildman–Crippen MR) is 150 cm³/mol. The number of hydrogen-bond acceptors (Lipinski definition) is 3. The molecule has 0 bridgehead atoms. The summed E-state index contributed by atoms with van der Waals surface area (Å²) in [5, 5.41) is 4.93. The number of nitrogens with one attached hydrogen (secondary N) is 1. The van der Waals surface area contributed by atoms with E-state index in [9.17, 15) is 0 Å². The first kappa shape index (κ1) is 24.3. The van der Waals surface area contributed by atoms with Gasteiger partial charge in [0.25, 0.3) is 0 Å². The predicted octanol–water partition coefficient (Wildman–Crippen LogP) is 7.11. The van der Waals surface area contributed by atoms with Gasteiger partial charge in [-0.25, -0.2) is 0 Å². The SMILES string of the molecule is Cc1cc(C2C(c3ccccn3)NC(=S)N2c2ccc(OC(C)C)cc2)c(C)n1-c1cccc(Cl)c1. The molecule has 1 aliphatic heterocycles. The lowest BCUT2D eigenvalue weighted by Gasteiger charge is -2.28. The maximum atomic E-state index is 6.34. The maximum Gasteiger partial charge on any atom is 0.174 e. The largest absolute Gasteiger partial charge is 0.491 e. The average molecular weight is 517 g/mol. The zero-order valence-electron chi connectivity index (χ0n) is 20.8. The molecule has 0 amide bonds. The fourth-order valence-electron chi connectivity index (χ4n) is 5.01. The van der Waals surface area contributed by atoms with Gasteiger partial charge >= 0.3 is 0 Å². The number of ether oxygens (including phenoxy) is 1. The van der Waals surface area contributed by atoms with Crippen molar-refractivity contribution in [3.05, 3.63) is 107 Å². The summed E-state index contributed by atoms with van der Waals surface area (Å²) in [7, 11) is 0. The number of anilines is 1. The monoisotopic (exact) mass is 516 g/mol. The molecule has 0 spiro atoms. The molecule has 4 aromatic rings. The van der Waals surface area contributed by atoms with Crippen molar-refractivity contribution in [2.75, 3.05) is 4.90 Å². The Morgan fingerprint density at radius 3 is 2.42 bits per heavy atom. The highest BCUT2D eigenvalue weighted by molar-refractivity contribution is 7.80. The summed E-state index contributed by atoms with van der Waals surface area (Å²) in [5.41, 5.74) is 6.42. The second-order valence-corrected chi connectivity index (χ2v) is 10.1. The van der Waals surface area contributed by atoms with Crippen molar-refractivity contribution < 1.29 is 4.74 Å². The number of aromatic nitrogens is 2. The fourth-order valence-corrected chi connectivity index (χ4v) is 5.54. The molecular formula is C29H29ClN4OS. The smallest absolute Gasteiger partial charge is 0.174 e. The minimum Gasteiger partial charge on any atom is -0.491 e. The van der Waals surface area contributed by atoms with Crippen LogP contribution in [0, 0.1) is 13.8 Å². The second-order valence-electron chi connectivity index (χ2n) is 9.30. The van der Waals surface area contributed by atoms with Gasteiger partial charge in [-0.1, -0.05) is 23.7 Å². The van der Waals surface area contributed by atoms with Gasteiger partial charge < -0.3 is 19.5 Å².